The largest absolute Gasteiger partial charge is 0.477 e. The van der Waals surface area contributed by atoms with Crippen LogP contribution < -0.4 is 4.90 Å². The Morgan fingerprint density at radius 1 is 1.69 bits per heavy atom. The first kappa shape index (κ1) is 10.9. The molecular weight excluding hydrogens is 206 g/mol. The molecule has 1 aromatic rings. The average molecular weight is 221 g/mol. The predicted molar refractivity (Wildman–Crippen MR) is 59.6 cm³/mol. The minimum Gasteiger partial charge on any atom is -0.477 e. The molecule has 0 spiro atoms. The van der Waals surface area contributed by atoms with Crippen molar-refractivity contribution in [2.75, 3.05) is 18.0 Å². The Hall–Kier alpha value is -1.65. The second-order valence-electron chi connectivity index (χ2n) is 4.06. The molecule has 0 amide bonds. The maximum Gasteiger partial charge on any atom is 0.354 e. The molecule has 1 unspecified atom stereocenters. The highest BCUT2D eigenvalue weighted by atomic mass is 16.4. The molecule has 1 N–H and O–H groups in total. The number of carboxylic acids is 1. The second-order valence-corrected chi connectivity index (χ2v) is 4.06. The van der Waals surface area contributed by atoms with Gasteiger partial charge in [-0.05, 0) is 18.4 Å². The van der Waals surface area contributed by atoms with Gasteiger partial charge in [-0.3, -0.25) is 0 Å². The molecule has 0 bridgehead atoms. The number of aromatic nitrogens is 2. The lowest BCUT2D eigenvalue weighted by atomic mass is 10.1. The third-order valence-corrected chi connectivity index (χ3v) is 3.01. The first-order valence-corrected chi connectivity index (χ1v) is 5.52. The van der Waals surface area contributed by atoms with Crippen molar-refractivity contribution in [3.05, 3.63) is 18.0 Å². The molecule has 1 atom stereocenters. The molecule has 1 fully saturated rings. The van der Waals surface area contributed by atoms with E-state index in [0.29, 0.717) is 11.9 Å². The average Bonchev–Trinajstić information content (AvgIpc) is 2.77. The Bertz CT molecular complexity index is 395. The van der Waals surface area contributed by atoms with Crippen molar-refractivity contribution in [3.63, 3.8) is 0 Å². The van der Waals surface area contributed by atoms with Gasteiger partial charge in [0, 0.05) is 19.3 Å². The molecule has 16 heavy (non-hydrogen) atoms. The van der Waals surface area contributed by atoms with Crippen LogP contribution in [-0.2, 0) is 0 Å². The molecule has 0 aliphatic carbocycles. The molecule has 2 heterocycles. The molecule has 1 aromatic heterocycles. The van der Waals surface area contributed by atoms with Gasteiger partial charge in [0.1, 0.15) is 0 Å². The Morgan fingerprint density at radius 3 is 3.12 bits per heavy atom. The van der Waals surface area contributed by atoms with E-state index in [-0.39, 0.29) is 5.69 Å². The Labute approximate surface area is 94.1 Å². The van der Waals surface area contributed by atoms with Gasteiger partial charge in [-0.1, -0.05) is 13.3 Å². The van der Waals surface area contributed by atoms with Gasteiger partial charge in [-0.15, -0.1) is 0 Å². The van der Waals surface area contributed by atoms with Crippen LogP contribution in [0.15, 0.2) is 12.3 Å². The molecule has 1 saturated heterocycles. The fourth-order valence-corrected chi connectivity index (χ4v) is 1.97. The number of carboxylic acid groups (broad SMARTS) is 1. The van der Waals surface area contributed by atoms with Crippen LogP contribution in [0.3, 0.4) is 0 Å². The molecule has 2 rings (SSSR count). The quantitative estimate of drug-likeness (QED) is 0.836. The van der Waals surface area contributed by atoms with Crippen molar-refractivity contribution >= 4 is 11.9 Å². The van der Waals surface area contributed by atoms with E-state index < -0.39 is 5.97 Å². The Morgan fingerprint density at radius 2 is 2.50 bits per heavy atom. The van der Waals surface area contributed by atoms with Crippen molar-refractivity contribution in [1.29, 1.82) is 0 Å². The maximum absolute atomic E-state index is 10.8. The lowest BCUT2D eigenvalue weighted by Gasteiger charge is -2.15. The van der Waals surface area contributed by atoms with Crippen LogP contribution in [0.5, 0.6) is 0 Å². The molecule has 5 heteroatoms. The topological polar surface area (TPSA) is 66.3 Å². The van der Waals surface area contributed by atoms with Crippen LogP contribution in [-0.4, -0.2) is 34.1 Å². The van der Waals surface area contributed by atoms with Gasteiger partial charge in [-0.25, -0.2) is 14.8 Å². The lowest BCUT2D eigenvalue weighted by molar-refractivity contribution is 0.0690. The lowest BCUT2D eigenvalue weighted by Crippen LogP contribution is -2.22. The van der Waals surface area contributed by atoms with E-state index in [1.54, 1.807) is 0 Å². The number of anilines is 1. The first-order chi connectivity index (χ1) is 7.70. The summed E-state index contributed by atoms with van der Waals surface area (Å²) < 4.78 is 0. The van der Waals surface area contributed by atoms with Gasteiger partial charge >= 0.3 is 5.97 Å². The van der Waals surface area contributed by atoms with E-state index in [9.17, 15) is 4.79 Å². The van der Waals surface area contributed by atoms with Crippen molar-refractivity contribution in [1.82, 2.24) is 9.97 Å². The van der Waals surface area contributed by atoms with Gasteiger partial charge in [0.2, 0.25) is 5.95 Å². The van der Waals surface area contributed by atoms with Crippen LogP contribution >= 0.6 is 0 Å². The van der Waals surface area contributed by atoms with E-state index in [2.05, 4.69) is 21.8 Å². The Kier molecular flexibility index (Phi) is 3.03. The zero-order chi connectivity index (χ0) is 11.5. The van der Waals surface area contributed by atoms with Crippen molar-refractivity contribution in [2.45, 2.75) is 19.8 Å². The summed E-state index contributed by atoms with van der Waals surface area (Å²) in [5.74, 6) is 0.211. The number of hydrogen-bond donors (Lipinski definition) is 1. The summed E-state index contributed by atoms with van der Waals surface area (Å²) in [6.07, 6.45) is 3.79. The summed E-state index contributed by atoms with van der Waals surface area (Å²) in [4.78, 5) is 21.0. The van der Waals surface area contributed by atoms with Crippen molar-refractivity contribution in [2.24, 2.45) is 5.92 Å². The highest BCUT2D eigenvalue weighted by molar-refractivity contribution is 5.85. The summed E-state index contributed by atoms with van der Waals surface area (Å²) in [5, 5.41) is 8.84. The molecule has 0 saturated carbocycles. The van der Waals surface area contributed by atoms with E-state index in [1.165, 1.54) is 12.3 Å². The molecule has 1 aliphatic rings. The Balaban J connectivity index is 2.15. The normalized spacial score (nSPS) is 20.1. The summed E-state index contributed by atoms with van der Waals surface area (Å²) in [7, 11) is 0. The third-order valence-electron chi connectivity index (χ3n) is 3.01. The number of carbonyl (C=O) groups is 1. The zero-order valence-corrected chi connectivity index (χ0v) is 9.26. The van der Waals surface area contributed by atoms with E-state index in [1.807, 2.05) is 0 Å². The minimum absolute atomic E-state index is 0.0601. The van der Waals surface area contributed by atoms with Gasteiger partial charge in [0.15, 0.2) is 5.69 Å². The molecule has 0 aromatic carbocycles. The van der Waals surface area contributed by atoms with Gasteiger partial charge in [0.25, 0.3) is 0 Å². The van der Waals surface area contributed by atoms with Gasteiger partial charge < -0.3 is 10.0 Å². The van der Waals surface area contributed by atoms with Gasteiger partial charge in [0.05, 0.1) is 0 Å². The monoisotopic (exact) mass is 221 g/mol. The van der Waals surface area contributed by atoms with E-state index >= 15 is 0 Å². The summed E-state index contributed by atoms with van der Waals surface area (Å²) in [6, 6.07) is 1.42. The SMILES string of the molecule is CCC1CCN(c2nccc(C(=O)O)n2)C1. The third kappa shape index (κ3) is 2.13. The van der Waals surface area contributed by atoms with Crippen LogP contribution in [0.2, 0.25) is 0 Å². The second kappa shape index (κ2) is 4.47. The molecule has 5 nitrogen and oxygen atoms in total. The van der Waals surface area contributed by atoms with Gasteiger partial charge in [-0.2, -0.15) is 0 Å². The number of aromatic carboxylic acids is 1. The number of rotatable bonds is 3. The summed E-state index contributed by atoms with van der Waals surface area (Å²) in [5.41, 5.74) is 0.0601. The van der Waals surface area contributed by atoms with Crippen LogP contribution in [0.1, 0.15) is 30.3 Å². The minimum atomic E-state index is -1.00. The standard InChI is InChI=1S/C11H15N3O2/c1-2-8-4-6-14(7-8)11-12-5-3-9(13-11)10(15)16/h3,5,8H,2,4,6-7H2,1H3,(H,15,16). The summed E-state index contributed by atoms with van der Waals surface area (Å²) >= 11 is 0. The molecule has 86 valence electrons. The highest BCUT2D eigenvalue weighted by Gasteiger charge is 2.23. The molecular formula is C11H15N3O2. The van der Waals surface area contributed by atoms with E-state index in [0.717, 1.165) is 25.9 Å². The fraction of sp³-hybridized carbons (Fsp3) is 0.545. The van der Waals surface area contributed by atoms with Crippen LogP contribution in [0, 0.1) is 5.92 Å². The highest BCUT2D eigenvalue weighted by Crippen LogP contribution is 2.22. The smallest absolute Gasteiger partial charge is 0.354 e. The van der Waals surface area contributed by atoms with Crippen LogP contribution in [0.25, 0.3) is 0 Å². The fourth-order valence-electron chi connectivity index (χ4n) is 1.97. The zero-order valence-electron chi connectivity index (χ0n) is 9.26. The predicted octanol–water partition coefficient (Wildman–Crippen LogP) is 1.41. The molecule has 0 radical (unpaired) electrons. The van der Waals surface area contributed by atoms with Crippen molar-refractivity contribution < 1.29 is 9.90 Å². The number of hydrogen-bond acceptors (Lipinski definition) is 4. The summed E-state index contributed by atoms with van der Waals surface area (Å²) in [6.45, 7) is 4.02. The molecule has 1 aliphatic heterocycles. The van der Waals surface area contributed by atoms with Crippen LogP contribution in [0.4, 0.5) is 5.95 Å². The maximum atomic E-state index is 10.8. The van der Waals surface area contributed by atoms with E-state index in [4.69, 9.17) is 5.11 Å². The van der Waals surface area contributed by atoms with Crippen molar-refractivity contribution in [3.8, 4) is 0 Å². The first-order valence-electron chi connectivity index (χ1n) is 5.52. The number of nitrogens with zero attached hydrogens (tertiary/aromatic N) is 3.